The molecule has 2 aliphatic rings. The number of ketones is 1. The molecule has 0 N–H and O–H groups in total. The summed E-state index contributed by atoms with van der Waals surface area (Å²) in [6, 6.07) is 0. The molecule has 2 saturated heterocycles. The standard InChI is InChI=1S/C25H40N2O5/c1-5-9-11-13-24-17-26(22(29)31-15-7-3)19-25(21(24)28,14-12-10-6-2)20-27(18-24)23(30)32-16-8-4/h7-8H,3-6,9-20H2,1-2H3. The fraction of sp³-hybridized carbons (Fsp3) is 0.720. The summed E-state index contributed by atoms with van der Waals surface area (Å²) in [5.41, 5.74) is -1.59. The molecule has 2 heterocycles. The van der Waals surface area contributed by atoms with Gasteiger partial charge in [-0.1, -0.05) is 77.7 Å². The van der Waals surface area contributed by atoms with E-state index in [1.165, 1.54) is 0 Å². The number of rotatable bonds is 12. The van der Waals surface area contributed by atoms with Gasteiger partial charge in [0.05, 0.1) is 10.8 Å². The number of carbonyl (C=O) groups is 3. The molecule has 0 atom stereocenters. The highest BCUT2D eigenvalue weighted by molar-refractivity contribution is 5.95. The van der Waals surface area contributed by atoms with Gasteiger partial charge in [-0.15, -0.1) is 0 Å². The van der Waals surface area contributed by atoms with E-state index in [4.69, 9.17) is 9.47 Å². The largest absolute Gasteiger partial charge is 0.445 e. The monoisotopic (exact) mass is 448 g/mol. The number of carbonyl (C=O) groups excluding carboxylic acids is 3. The molecule has 0 spiro atoms. The van der Waals surface area contributed by atoms with Crippen molar-refractivity contribution in [2.45, 2.75) is 65.2 Å². The van der Waals surface area contributed by atoms with E-state index in [0.717, 1.165) is 38.5 Å². The number of Topliss-reactive ketones (excluding diaryl/α,β-unsaturated/α-hetero) is 1. The summed E-state index contributed by atoms with van der Waals surface area (Å²) >= 11 is 0. The molecule has 2 rings (SSSR count). The highest BCUT2D eigenvalue weighted by atomic mass is 16.6. The Bertz CT molecular complexity index is 622. The van der Waals surface area contributed by atoms with Crippen molar-refractivity contribution in [3.8, 4) is 0 Å². The SMILES string of the molecule is C=CCOC(=O)N1CC2(CCCCC)CN(C(=O)OCC=C)CC(CCCCC)(C1)C2=O. The lowest BCUT2D eigenvalue weighted by atomic mass is 9.59. The normalized spacial score (nSPS) is 24.8. The Balaban J connectivity index is 2.40. The molecule has 2 fully saturated rings. The Morgan fingerprint density at radius 2 is 1.19 bits per heavy atom. The van der Waals surface area contributed by atoms with Crippen molar-refractivity contribution in [2.75, 3.05) is 39.4 Å². The summed E-state index contributed by atoms with van der Waals surface area (Å²) in [6.07, 6.45) is 9.34. The van der Waals surface area contributed by atoms with Gasteiger partial charge in [-0.2, -0.15) is 0 Å². The van der Waals surface area contributed by atoms with Crippen LogP contribution in [0.2, 0.25) is 0 Å². The van der Waals surface area contributed by atoms with Gasteiger partial charge < -0.3 is 19.3 Å². The van der Waals surface area contributed by atoms with Crippen LogP contribution in [-0.2, 0) is 14.3 Å². The predicted molar refractivity (Wildman–Crippen MR) is 124 cm³/mol. The van der Waals surface area contributed by atoms with E-state index in [9.17, 15) is 14.4 Å². The average molecular weight is 449 g/mol. The van der Waals surface area contributed by atoms with Gasteiger partial charge in [0.15, 0.2) is 5.78 Å². The number of hydrogen-bond donors (Lipinski definition) is 0. The molecule has 2 amide bonds. The molecule has 0 aromatic heterocycles. The summed E-state index contributed by atoms with van der Waals surface area (Å²) in [5, 5.41) is 0. The third-order valence-corrected chi connectivity index (χ3v) is 6.62. The van der Waals surface area contributed by atoms with E-state index in [-0.39, 0.29) is 45.2 Å². The van der Waals surface area contributed by atoms with Gasteiger partial charge in [0.25, 0.3) is 0 Å². The number of fused-ring (bicyclic) bond motifs is 2. The van der Waals surface area contributed by atoms with E-state index >= 15 is 0 Å². The fourth-order valence-corrected chi connectivity index (χ4v) is 5.19. The summed E-state index contributed by atoms with van der Waals surface area (Å²) in [4.78, 5) is 43.0. The second-order valence-corrected chi connectivity index (χ2v) is 9.25. The van der Waals surface area contributed by atoms with Gasteiger partial charge in [-0.05, 0) is 12.8 Å². The quantitative estimate of drug-likeness (QED) is 0.311. The van der Waals surface area contributed by atoms with Crippen molar-refractivity contribution in [1.82, 2.24) is 9.80 Å². The summed E-state index contributed by atoms with van der Waals surface area (Å²) in [7, 11) is 0. The van der Waals surface area contributed by atoms with Crippen molar-refractivity contribution >= 4 is 18.0 Å². The molecule has 7 nitrogen and oxygen atoms in total. The number of ether oxygens (including phenoxy) is 2. The molecule has 180 valence electrons. The van der Waals surface area contributed by atoms with Crippen molar-refractivity contribution in [3.05, 3.63) is 25.3 Å². The van der Waals surface area contributed by atoms with Crippen molar-refractivity contribution in [1.29, 1.82) is 0 Å². The molecule has 0 aromatic carbocycles. The lowest BCUT2D eigenvalue weighted by Crippen LogP contribution is -2.71. The predicted octanol–water partition coefficient (Wildman–Crippen LogP) is 4.97. The van der Waals surface area contributed by atoms with Gasteiger partial charge in [0, 0.05) is 26.2 Å². The van der Waals surface area contributed by atoms with Crippen molar-refractivity contribution in [2.24, 2.45) is 10.8 Å². The molecule has 0 aromatic rings. The van der Waals surface area contributed by atoms with Crippen LogP contribution in [0.1, 0.15) is 65.2 Å². The molecule has 7 heteroatoms. The Morgan fingerprint density at radius 3 is 1.50 bits per heavy atom. The molecule has 0 saturated carbocycles. The van der Waals surface area contributed by atoms with Crippen molar-refractivity contribution < 1.29 is 23.9 Å². The zero-order valence-corrected chi connectivity index (χ0v) is 19.9. The minimum Gasteiger partial charge on any atom is -0.445 e. The number of likely N-dealkylation sites (tertiary alicyclic amines) is 2. The number of amides is 2. The zero-order valence-electron chi connectivity index (χ0n) is 19.9. The molecular formula is C25H40N2O5. The number of unbranched alkanes of at least 4 members (excludes halogenated alkanes) is 4. The molecular weight excluding hydrogens is 408 g/mol. The summed E-state index contributed by atoms with van der Waals surface area (Å²) < 4.78 is 10.7. The smallest absolute Gasteiger partial charge is 0.410 e. The van der Waals surface area contributed by atoms with E-state index in [1.54, 1.807) is 22.0 Å². The third-order valence-electron chi connectivity index (χ3n) is 6.62. The number of piperidine rings is 2. The van der Waals surface area contributed by atoms with Crippen LogP contribution < -0.4 is 0 Å². The first-order chi connectivity index (χ1) is 15.4. The van der Waals surface area contributed by atoms with Crippen LogP contribution in [0, 0.1) is 10.8 Å². The first-order valence-electron chi connectivity index (χ1n) is 12.0. The molecule has 2 bridgehead atoms. The maximum absolute atomic E-state index is 14.0. The Morgan fingerprint density at radius 1 is 0.812 bits per heavy atom. The molecule has 0 radical (unpaired) electrons. The third kappa shape index (κ3) is 5.93. The number of hydrogen-bond acceptors (Lipinski definition) is 5. The van der Waals surface area contributed by atoms with Crippen LogP contribution in [0.25, 0.3) is 0 Å². The van der Waals surface area contributed by atoms with E-state index in [2.05, 4.69) is 27.0 Å². The topological polar surface area (TPSA) is 76.2 Å². The van der Waals surface area contributed by atoms with Crippen LogP contribution >= 0.6 is 0 Å². The van der Waals surface area contributed by atoms with Crippen LogP contribution in [0.4, 0.5) is 9.59 Å². The van der Waals surface area contributed by atoms with Gasteiger partial charge >= 0.3 is 12.2 Å². The van der Waals surface area contributed by atoms with E-state index in [1.807, 2.05) is 0 Å². The Hall–Kier alpha value is -2.31. The zero-order chi connectivity index (χ0) is 23.6. The van der Waals surface area contributed by atoms with Crippen molar-refractivity contribution in [3.63, 3.8) is 0 Å². The highest BCUT2D eigenvalue weighted by Crippen LogP contribution is 2.48. The van der Waals surface area contributed by atoms with Crippen LogP contribution in [-0.4, -0.2) is 67.2 Å². The van der Waals surface area contributed by atoms with Crippen LogP contribution in [0.15, 0.2) is 25.3 Å². The first-order valence-corrected chi connectivity index (χ1v) is 12.0. The maximum atomic E-state index is 14.0. The molecule has 2 aliphatic heterocycles. The second kappa shape index (κ2) is 12.1. The van der Waals surface area contributed by atoms with Gasteiger partial charge in [-0.25, -0.2) is 9.59 Å². The fourth-order valence-electron chi connectivity index (χ4n) is 5.19. The minimum absolute atomic E-state index is 0.134. The minimum atomic E-state index is -0.793. The lowest BCUT2D eigenvalue weighted by molar-refractivity contribution is -0.159. The molecule has 0 unspecified atom stereocenters. The summed E-state index contributed by atoms with van der Waals surface area (Å²) in [5.74, 6) is 0.206. The molecule has 0 aliphatic carbocycles. The first kappa shape index (κ1) is 25.9. The Labute approximate surface area is 192 Å². The van der Waals surface area contributed by atoms with Crippen LogP contribution in [0.3, 0.4) is 0 Å². The number of nitrogens with zero attached hydrogens (tertiary/aromatic N) is 2. The van der Waals surface area contributed by atoms with Gasteiger partial charge in [0.1, 0.15) is 13.2 Å². The van der Waals surface area contributed by atoms with Crippen LogP contribution in [0.5, 0.6) is 0 Å². The maximum Gasteiger partial charge on any atom is 0.410 e. The Kier molecular flexibility index (Phi) is 9.79. The summed E-state index contributed by atoms with van der Waals surface area (Å²) in [6.45, 7) is 12.8. The second-order valence-electron chi connectivity index (χ2n) is 9.25. The van der Waals surface area contributed by atoms with E-state index < -0.39 is 23.0 Å². The van der Waals surface area contributed by atoms with E-state index in [0.29, 0.717) is 12.8 Å². The van der Waals surface area contributed by atoms with Gasteiger partial charge in [0.2, 0.25) is 0 Å². The molecule has 32 heavy (non-hydrogen) atoms. The lowest BCUT2D eigenvalue weighted by Gasteiger charge is -2.56. The average Bonchev–Trinajstić information content (AvgIpc) is 2.77. The van der Waals surface area contributed by atoms with Gasteiger partial charge in [-0.3, -0.25) is 4.79 Å². The highest BCUT2D eigenvalue weighted by Gasteiger charge is 2.61.